The van der Waals surface area contributed by atoms with E-state index in [2.05, 4.69) is 24.6 Å². The fourth-order valence-electron chi connectivity index (χ4n) is 2.63. The van der Waals surface area contributed by atoms with Gasteiger partial charge >= 0.3 is 0 Å². The molecular weight excluding hydrogens is 298 g/mol. The molecule has 1 aliphatic rings. The third-order valence-corrected chi connectivity index (χ3v) is 4.54. The molecule has 0 atom stereocenters. The minimum Gasteiger partial charge on any atom is -0.333 e. The van der Waals surface area contributed by atoms with Crippen molar-refractivity contribution >= 4 is 33.2 Å². The lowest BCUT2D eigenvalue weighted by Crippen LogP contribution is -2.18. The number of benzene rings is 1. The van der Waals surface area contributed by atoms with Crippen LogP contribution in [0, 0.1) is 0 Å². The van der Waals surface area contributed by atoms with Crippen LogP contribution in [0.15, 0.2) is 30.6 Å². The molecule has 0 radical (unpaired) electrons. The number of rotatable bonds is 2. The van der Waals surface area contributed by atoms with E-state index in [4.69, 9.17) is 0 Å². The Bertz CT molecular complexity index is 814. The molecule has 0 spiro atoms. The van der Waals surface area contributed by atoms with Crippen molar-refractivity contribution in [2.45, 2.75) is 13.0 Å². The van der Waals surface area contributed by atoms with E-state index >= 15 is 0 Å². The van der Waals surface area contributed by atoms with E-state index < -0.39 is 0 Å². The zero-order valence-electron chi connectivity index (χ0n) is 11.9. The summed E-state index contributed by atoms with van der Waals surface area (Å²) >= 11 is 1.45. The molecule has 1 amide bonds. The van der Waals surface area contributed by atoms with Gasteiger partial charge in [-0.1, -0.05) is 0 Å². The van der Waals surface area contributed by atoms with E-state index in [0.717, 1.165) is 47.7 Å². The number of hydrogen-bond donors (Lipinski definition) is 2. The fraction of sp³-hybridized carbons (Fsp3) is 0.267. The largest absolute Gasteiger partial charge is 0.333 e. The van der Waals surface area contributed by atoms with Crippen molar-refractivity contribution < 1.29 is 4.79 Å². The third kappa shape index (κ3) is 2.49. The average Bonchev–Trinajstić information content (AvgIpc) is 3.09. The van der Waals surface area contributed by atoms with Crippen molar-refractivity contribution in [3.63, 3.8) is 0 Å². The molecule has 4 rings (SSSR count). The molecule has 0 bridgehead atoms. The SMILES string of the molecule is O=C(Nc1ccc2sncc2c1)c1cn2c(n1)CCNCC2. The van der Waals surface area contributed by atoms with Crippen molar-refractivity contribution in [1.29, 1.82) is 0 Å². The molecule has 7 heteroatoms. The van der Waals surface area contributed by atoms with Crippen LogP contribution >= 0.6 is 11.5 Å². The van der Waals surface area contributed by atoms with Crippen molar-refractivity contribution in [1.82, 2.24) is 19.2 Å². The number of hydrogen-bond acceptors (Lipinski definition) is 5. The van der Waals surface area contributed by atoms with E-state index in [9.17, 15) is 4.79 Å². The van der Waals surface area contributed by atoms with Crippen LogP contribution in [-0.2, 0) is 13.0 Å². The molecular formula is C15H15N5OS. The molecule has 3 aromatic rings. The minimum absolute atomic E-state index is 0.170. The Balaban J connectivity index is 1.56. The number of anilines is 1. The fourth-order valence-corrected chi connectivity index (χ4v) is 3.25. The number of nitrogens with one attached hydrogen (secondary N) is 2. The highest BCUT2D eigenvalue weighted by Crippen LogP contribution is 2.22. The van der Waals surface area contributed by atoms with Gasteiger partial charge in [-0.05, 0) is 29.7 Å². The van der Waals surface area contributed by atoms with Gasteiger partial charge in [-0.3, -0.25) is 4.79 Å². The van der Waals surface area contributed by atoms with Gasteiger partial charge in [-0.25, -0.2) is 4.98 Å². The summed E-state index contributed by atoms with van der Waals surface area (Å²) < 4.78 is 7.31. The summed E-state index contributed by atoms with van der Waals surface area (Å²) in [6, 6.07) is 5.79. The molecule has 0 fully saturated rings. The third-order valence-electron chi connectivity index (χ3n) is 3.76. The van der Waals surface area contributed by atoms with E-state index in [1.54, 1.807) is 0 Å². The molecule has 2 N–H and O–H groups in total. The van der Waals surface area contributed by atoms with E-state index in [0.29, 0.717) is 5.69 Å². The standard InChI is InChI=1S/C15H15N5OS/c21-15(12-9-20-6-5-16-4-3-14(20)19-12)18-11-1-2-13-10(7-11)8-17-22-13/h1-2,7-9,16H,3-6H2,(H,18,21). The summed E-state index contributed by atoms with van der Waals surface area (Å²) in [6.45, 7) is 2.66. The summed E-state index contributed by atoms with van der Waals surface area (Å²) in [5, 5.41) is 7.26. The Kier molecular flexibility index (Phi) is 3.36. The molecule has 0 saturated carbocycles. The van der Waals surface area contributed by atoms with Crippen LogP contribution in [0.5, 0.6) is 0 Å². The van der Waals surface area contributed by atoms with Gasteiger partial charge in [0.2, 0.25) is 0 Å². The Hall–Kier alpha value is -2.25. The molecule has 3 heterocycles. The van der Waals surface area contributed by atoms with Crippen LogP contribution in [0.25, 0.3) is 10.1 Å². The molecule has 22 heavy (non-hydrogen) atoms. The van der Waals surface area contributed by atoms with Gasteiger partial charge < -0.3 is 15.2 Å². The Labute approximate surface area is 131 Å². The topological polar surface area (TPSA) is 71.8 Å². The smallest absolute Gasteiger partial charge is 0.275 e. The van der Waals surface area contributed by atoms with Crippen molar-refractivity contribution in [2.75, 3.05) is 18.4 Å². The predicted octanol–water partition coefficient (Wildman–Crippen LogP) is 1.89. The average molecular weight is 313 g/mol. The second-order valence-corrected chi connectivity index (χ2v) is 6.10. The first kappa shape index (κ1) is 13.4. The van der Waals surface area contributed by atoms with Crippen LogP contribution in [0.3, 0.4) is 0 Å². The van der Waals surface area contributed by atoms with Crippen LogP contribution in [0.1, 0.15) is 16.3 Å². The summed E-state index contributed by atoms with van der Waals surface area (Å²) in [5.74, 6) is 0.795. The summed E-state index contributed by atoms with van der Waals surface area (Å²) in [5.41, 5.74) is 1.24. The lowest BCUT2D eigenvalue weighted by Gasteiger charge is -2.03. The number of carbonyl (C=O) groups excluding carboxylic acids is 1. The summed E-state index contributed by atoms with van der Waals surface area (Å²) in [6.07, 6.45) is 4.49. The predicted molar refractivity (Wildman–Crippen MR) is 86.4 cm³/mol. The first-order chi connectivity index (χ1) is 10.8. The second-order valence-electron chi connectivity index (χ2n) is 5.27. The Morgan fingerprint density at radius 2 is 2.32 bits per heavy atom. The molecule has 2 aromatic heterocycles. The first-order valence-corrected chi connectivity index (χ1v) is 7.99. The normalized spacial score (nSPS) is 14.5. The number of fused-ring (bicyclic) bond motifs is 2. The summed E-state index contributed by atoms with van der Waals surface area (Å²) in [7, 11) is 0. The maximum Gasteiger partial charge on any atom is 0.275 e. The van der Waals surface area contributed by atoms with E-state index in [1.165, 1.54) is 11.5 Å². The van der Waals surface area contributed by atoms with Gasteiger partial charge in [-0.2, -0.15) is 4.37 Å². The number of carbonyl (C=O) groups is 1. The lowest BCUT2D eigenvalue weighted by atomic mass is 10.2. The number of amides is 1. The molecule has 1 aliphatic heterocycles. The van der Waals surface area contributed by atoms with Crippen LogP contribution in [-0.4, -0.2) is 32.9 Å². The molecule has 0 saturated heterocycles. The van der Waals surface area contributed by atoms with Crippen LogP contribution < -0.4 is 10.6 Å². The van der Waals surface area contributed by atoms with Gasteiger partial charge in [0.15, 0.2) is 0 Å². The van der Waals surface area contributed by atoms with Gasteiger partial charge in [0.1, 0.15) is 11.5 Å². The Morgan fingerprint density at radius 1 is 1.36 bits per heavy atom. The van der Waals surface area contributed by atoms with Gasteiger partial charge in [0.25, 0.3) is 5.91 Å². The monoisotopic (exact) mass is 313 g/mol. The van der Waals surface area contributed by atoms with Crippen LogP contribution in [0.4, 0.5) is 5.69 Å². The maximum absolute atomic E-state index is 12.4. The number of aromatic nitrogens is 3. The van der Waals surface area contributed by atoms with E-state index in [-0.39, 0.29) is 5.91 Å². The highest BCUT2D eigenvalue weighted by atomic mass is 32.1. The van der Waals surface area contributed by atoms with Crippen LogP contribution in [0.2, 0.25) is 0 Å². The summed E-state index contributed by atoms with van der Waals surface area (Å²) in [4.78, 5) is 16.8. The highest BCUT2D eigenvalue weighted by molar-refractivity contribution is 7.13. The molecule has 112 valence electrons. The van der Waals surface area contributed by atoms with Gasteiger partial charge in [0.05, 0.1) is 4.70 Å². The Morgan fingerprint density at radius 3 is 3.27 bits per heavy atom. The molecule has 0 aliphatic carbocycles. The second kappa shape index (κ2) is 5.51. The lowest BCUT2D eigenvalue weighted by molar-refractivity contribution is 0.102. The molecule has 6 nitrogen and oxygen atoms in total. The van der Waals surface area contributed by atoms with Crippen molar-refractivity contribution in [3.05, 3.63) is 42.1 Å². The quantitative estimate of drug-likeness (QED) is 0.758. The zero-order chi connectivity index (χ0) is 14.9. The number of imidazole rings is 1. The zero-order valence-corrected chi connectivity index (χ0v) is 12.7. The van der Waals surface area contributed by atoms with Crippen molar-refractivity contribution in [3.8, 4) is 0 Å². The minimum atomic E-state index is -0.170. The molecule has 1 aromatic carbocycles. The first-order valence-electron chi connectivity index (χ1n) is 7.22. The van der Waals surface area contributed by atoms with Gasteiger partial charge in [0, 0.05) is 49.5 Å². The van der Waals surface area contributed by atoms with E-state index in [1.807, 2.05) is 30.6 Å². The molecule has 0 unspecified atom stereocenters. The highest BCUT2D eigenvalue weighted by Gasteiger charge is 2.16. The van der Waals surface area contributed by atoms with Crippen molar-refractivity contribution in [2.24, 2.45) is 0 Å². The maximum atomic E-state index is 12.4. The number of nitrogens with zero attached hydrogens (tertiary/aromatic N) is 3. The van der Waals surface area contributed by atoms with Gasteiger partial charge in [-0.15, -0.1) is 0 Å².